The standard InChI is InChI=1S/C64H50N2S/c1-2-13-52-51(12-1)53-14-3-4-15-55(53)57-18-11-21-60(63(57)56-17-6-5-16-54(52)56)65(49-34-28-47(29-35-49)64-39-42-36-43(40-64)38-44(37-42)41-64)48-30-24-45(25-31-48)46-26-32-50(33-27-46)66-58-19-7-9-22-61(58)67-62-23-10-8-20-59(62)66/h1-35,42-44H,36-41H2. The molecule has 5 aliphatic carbocycles. The molecule has 0 aromatic heterocycles. The van der Waals surface area contributed by atoms with Crippen molar-refractivity contribution in [2.24, 2.45) is 17.8 Å². The highest BCUT2D eigenvalue weighted by Crippen LogP contribution is 2.61. The molecule has 4 fully saturated rings. The van der Waals surface area contributed by atoms with Crippen LogP contribution in [0.4, 0.5) is 34.1 Å². The third-order valence-corrected chi connectivity index (χ3v) is 17.1. The van der Waals surface area contributed by atoms with E-state index in [1.165, 1.54) is 127 Å². The van der Waals surface area contributed by atoms with Gasteiger partial charge in [0.25, 0.3) is 0 Å². The first-order chi connectivity index (χ1) is 33.1. The number of anilines is 6. The first-order valence-electron chi connectivity index (χ1n) is 24.3. The second-order valence-electron chi connectivity index (χ2n) is 19.9. The van der Waals surface area contributed by atoms with E-state index in [1.54, 1.807) is 5.56 Å². The predicted octanol–water partition coefficient (Wildman–Crippen LogP) is 18.2. The summed E-state index contributed by atoms with van der Waals surface area (Å²) in [7, 11) is 0. The molecule has 0 N–H and O–H groups in total. The van der Waals surface area contributed by atoms with E-state index in [0.717, 1.165) is 29.1 Å². The van der Waals surface area contributed by atoms with Gasteiger partial charge in [-0.3, -0.25) is 0 Å². The Morgan fingerprint density at radius 3 is 1.34 bits per heavy atom. The molecule has 0 amide bonds. The van der Waals surface area contributed by atoms with E-state index in [4.69, 9.17) is 0 Å². The molecule has 4 saturated carbocycles. The van der Waals surface area contributed by atoms with Crippen molar-refractivity contribution in [3.05, 3.63) is 218 Å². The van der Waals surface area contributed by atoms with E-state index in [-0.39, 0.29) is 0 Å². The molecule has 9 aromatic carbocycles. The van der Waals surface area contributed by atoms with Crippen LogP contribution in [0.5, 0.6) is 0 Å². The number of benzene rings is 9. The Hall–Kier alpha value is -7.07. The van der Waals surface area contributed by atoms with Crippen molar-refractivity contribution in [3.8, 4) is 55.6 Å². The summed E-state index contributed by atoms with van der Waals surface area (Å²) in [5, 5.41) is 0. The summed E-state index contributed by atoms with van der Waals surface area (Å²) >= 11 is 1.85. The summed E-state index contributed by atoms with van der Waals surface area (Å²) in [6.07, 6.45) is 8.48. The van der Waals surface area contributed by atoms with Crippen molar-refractivity contribution in [3.63, 3.8) is 0 Å². The molecular formula is C64H50N2S. The Labute approximate surface area is 398 Å². The lowest BCUT2D eigenvalue weighted by atomic mass is 9.48. The number of hydrogen-bond acceptors (Lipinski definition) is 3. The highest BCUT2D eigenvalue weighted by atomic mass is 32.2. The normalized spacial score (nSPS) is 20.3. The molecule has 6 aliphatic rings. The molecule has 1 aliphatic heterocycles. The molecule has 0 saturated heterocycles. The summed E-state index contributed by atoms with van der Waals surface area (Å²) in [5.74, 6) is 2.73. The molecule has 0 atom stereocenters. The fraction of sp³-hybridized carbons (Fsp3) is 0.156. The van der Waals surface area contributed by atoms with E-state index in [0.29, 0.717) is 5.41 Å². The van der Waals surface area contributed by atoms with Gasteiger partial charge >= 0.3 is 0 Å². The molecule has 0 spiro atoms. The van der Waals surface area contributed by atoms with Crippen LogP contribution in [-0.2, 0) is 5.41 Å². The molecule has 4 bridgehead atoms. The minimum atomic E-state index is 0.340. The Morgan fingerprint density at radius 1 is 0.388 bits per heavy atom. The van der Waals surface area contributed by atoms with Crippen LogP contribution in [0.3, 0.4) is 0 Å². The fourth-order valence-corrected chi connectivity index (χ4v) is 14.6. The fourth-order valence-electron chi connectivity index (χ4n) is 13.5. The lowest BCUT2D eigenvalue weighted by Gasteiger charge is -2.57. The van der Waals surface area contributed by atoms with Crippen LogP contribution in [0, 0.1) is 17.8 Å². The summed E-state index contributed by atoms with van der Waals surface area (Å²) in [4.78, 5) is 7.48. The molecule has 15 rings (SSSR count). The molecule has 1 heterocycles. The van der Waals surface area contributed by atoms with Crippen LogP contribution in [-0.4, -0.2) is 0 Å². The topological polar surface area (TPSA) is 6.48 Å². The minimum absolute atomic E-state index is 0.340. The van der Waals surface area contributed by atoms with Gasteiger partial charge in [-0.2, -0.15) is 0 Å². The lowest BCUT2D eigenvalue weighted by molar-refractivity contribution is -0.00518. The minimum Gasteiger partial charge on any atom is -0.310 e. The van der Waals surface area contributed by atoms with E-state index < -0.39 is 0 Å². The Morgan fingerprint density at radius 2 is 0.806 bits per heavy atom. The van der Waals surface area contributed by atoms with Crippen molar-refractivity contribution in [1.29, 1.82) is 0 Å². The largest absolute Gasteiger partial charge is 0.310 e. The predicted molar refractivity (Wildman–Crippen MR) is 281 cm³/mol. The number of hydrogen-bond donors (Lipinski definition) is 0. The van der Waals surface area contributed by atoms with Crippen molar-refractivity contribution in [1.82, 2.24) is 0 Å². The van der Waals surface area contributed by atoms with Crippen molar-refractivity contribution in [2.45, 2.75) is 53.7 Å². The maximum Gasteiger partial charge on any atom is 0.0601 e. The summed E-state index contributed by atoms with van der Waals surface area (Å²) in [6.45, 7) is 0. The highest BCUT2D eigenvalue weighted by Gasteiger charge is 2.51. The number of rotatable bonds is 6. The highest BCUT2D eigenvalue weighted by molar-refractivity contribution is 7.99. The van der Waals surface area contributed by atoms with Crippen molar-refractivity contribution < 1.29 is 0 Å². The van der Waals surface area contributed by atoms with Gasteiger partial charge in [0, 0.05) is 32.4 Å². The van der Waals surface area contributed by atoms with E-state index in [1.807, 2.05) is 11.8 Å². The molecule has 0 radical (unpaired) electrons. The van der Waals surface area contributed by atoms with Gasteiger partial charge < -0.3 is 9.80 Å². The first kappa shape index (κ1) is 39.1. The lowest BCUT2D eigenvalue weighted by Crippen LogP contribution is -2.48. The van der Waals surface area contributed by atoms with Gasteiger partial charge in [0.1, 0.15) is 0 Å². The maximum absolute atomic E-state index is 2.53. The summed E-state index contributed by atoms with van der Waals surface area (Å²) in [6, 6.07) is 79.7. The number of fused-ring (bicyclic) bond motifs is 10. The van der Waals surface area contributed by atoms with Crippen LogP contribution >= 0.6 is 11.8 Å². The summed E-state index contributed by atoms with van der Waals surface area (Å²) < 4.78 is 0. The maximum atomic E-state index is 2.53. The van der Waals surface area contributed by atoms with E-state index >= 15 is 0 Å². The first-order valence-corrected chi connectivity index (χ1v) is 25.1. The zero-order valence-electron chi connectivity index (χ0n) is 37.5. The molecule has 9 aromatic rings. The van der Waals surface area contributed by atoms with Gasteiger partial charge in [-0.1, -0.05) is 157 Å². The van der Waals surface area contributed by atoms with Crippen LogP contribution < -0.4 is 9.80 Å². The van der Waals surface area contributed by atoms with E-state index in [2.05, 4.69) is 222 Å². The van der Waals surface area contributed by atoms with Gasteiger partial charge in [-0.15, -0.1) is 0 Å². The van der Waals surface area contributed by atoms with Crippen LogP contribution in [0.25, 0.3) is 55.6 Å². The van der Waals surface area contributed by atoms with Gasteiger partial charge in [0.15, 0.2) is 0 Å². The molecule has 67 heavy (non-hydrogen) atoms. The average molecular weight is 879 g/mol. The second kappa shape index (κ2) is 15.5. The smallest absolute Gasteiger partial charge is 0.0601 e. The van der Waals surface area contributed by atoms with Gasteiger partial charge in [0.2, 0.25) is 0 Å². The third-order valence-electron chi connectivity index (χ3n) is 16.0. The van der Waals surface area contributed by atoms with Crippen LogP contribution in [0.2, 0.25) is 0 Å². The summed E-state index contributed by atoms with van der Waals surface area (Å²) in [5.41, 5.74) is 21.5. The van der Waals surface area contributed by atoms with Crippen molar-refractivity contribution >= 4 is 45.9 Å². The SMILES string of the molecule is c1ccc2c(c1)Sc1ccccc1N2c1ccc(-c2ccc(N(c3ccc(C45CC6CC(CC(C6)C4)C5)cc3)c3cccc4c3-c3ccccc3-c3ccccc3-c3ccccc3-4)cc2)cc1. The molecule has 2 nitrogen and oxygen atoms in total. The van der Waals surface area contributed by atoms with E-state index in [9.17, 15) is 0 Å². The molecule has 322 valence electrons. The monoisotopic (exact) mass is 878 g/mol. The van der Waals surface area contributed by atoms with Gasteiger partial charge in [-0.25, -0.2) is 0 Å². The second-order valence-corrected chi connectivity index (χ2v) is 21.0. The van der Waals surface area contributed by atoms with Crippen LogP contribution in [0.15, 0.2) is 222 Å². The van der Waals surface area contributed by atoms with Crippen LogP contribution in [0.1, 0.15) is 44.1 Å². The molecular weight excluding hydrogens is 829 g/mol. The van der Waals surface area contributed by atoms with Crippen molar-refractivity contribution in [2.75, 3.05) is 9.80 Å². The number of nitrogens with zero attached hydrogens (tertiary/aromatic N) is 2. The quantitative estimate of drug-likeness (QED) is 0.164. The molecule has 3 heteroatoms. The molecule has 0 unspecified atom stereocenters. The van der Waals surface area contributed by atoms with Gasteiger partial charge in [0.05, 0.1) is 17.1 Å². The Kier molecular flexibility index (Phi) is 9.06. The van der Waals surface area contributed by atoms with Gasteiger partial charge in [-0.05, 0) is 184 Å². The Bertz CT molecular complexity index is 3280. The Balaban J connectivity index is 0.896. The zero-order chi connectivity index (χ0) is 44.1. The third kappa shape index (κ3) is 6.39. The average Bonchev–Trinajstić information content (AvgIpc) is 3.38. The zero-order valence-corrected chi connectivity index (χ0v) is 38.3. The number of para-hydroxylation sites is 2.